The number of carbonyl (C=O) groups excluding carboxylic acids is 1. The van der Waals surface area contributed by atoms with Crippen molar-refractivity contribution >= 4 is 5.91 Å². The number of amides is 1. The first kappa shape index (κ1) is 17.4. The molecular formula is C18H29N3O3. The monoisotopic (exact) mass is 335 g/mol. The summed E-state index contributed by atoms with van der Waals surface area (Å²) in [6, 6.07) is 2.11. The van der Waals surface area contributed by atoms with Gasteiger partial charge < -0.3 is 14.2 Å². The number of ether oxygens (including phenoxy) is 1. The van der Waals surface area contributed by atoms with Gasteiger partial charge in [-0.15, -0.1) is 0 Å². The summed E-state index contributed by atoms with van der Waals surface area (Å²) < 4.78 is 10.7. The van der Waals surface area contributed by atoms with Crippen molar-refractivity contribution in [2.45, 2.75) is 51.5 Å². The van der Waals surface area contributed by atoms with E-state index in [9.17, 15) is 4.79 Å². The summed E-state index contributed by atoms with van der Waals surface area (Å²) in [5, 5.41) is 4.03. The zero-order chi connectivity index (χ0) is 16.9. The molecule has 0 spiro atoms. The van der Waals surface area contributed by atoms with Crippen LogP contribution in [0, 0.1) is 0 Å². The molecule has 0 unspecified atom stereocenters. The number of morpholine rings is 1. The van der Waals surface area contributed by atoms with Gasteiger partial charge in [0.25, 0.3) is 5.91 Å². The fraction of sp³-hybridized carbons (Fsp3) is 0.778. The minimum atomic E-state index is 0.000998. The van der Waals surface area contributed by atoms with Crippen molar-refractivity contribution in [2.75, 3.05) is 39.4 Å². The maximum atomic E-state index is 12.9. The van der Waals surface area contributed by atoms with Gasteiger partial charge in [0.05, 0.1) is 18.9 Å². The number of aromatic nitrogens is 1. The van der Waals surface area contributed by atoms with E-state index in [1.54, 1.807) is 6.07 Å². The Hall–Kier alpha value is -1.40. The highest BCUT2D eigenvalue weighted by molar-refractivity contribution is 5.91. The van der Waals surface area contributed by atoms with Crippen LogP contribution in [-0.4, -0.2) is 66.3 Å². The van der Waals surface area contributed by atoms with Crippen molar-refractivity contribution in [1.82, 2.24) is 15.0 Å². The molecule has 0 saturated carbocycles. The third-order valence-corrected chi connectivity index (χ3v) is 5.10. The van der Waals surface area contributed by atoms with E-state index in [-0.39, 0.29) is 11.8 Å². The molecule has 24 heavy (non-hydrogen) atoms. The molecule has 1 aromatic rings. The number of piperidine rings is 1. The lowest BCUT2D eigenvalue weighted by atomic mass is 9.98. The first-order valence-corrected chi connectivity index (χ1v) is 9.23. The van der Waals surface area contributed by atoms with E-state index in [1.807, 2.05) is 4.90 Å². The van der Waals surface area contributed by atoms with Gasteiger partial charge in [-0.25, -0.2) is 0 Å². The van der Waals surface area contributed by atoms with Crippen molar-refractivity contribution in [1.29, 1.82) is 0 Å². The number of carbonyl (C=O) groups is 1. The summed E-state index contributed by atoms with van der Waals surface area (Å²) >= 11 is 0. The fourth-order valence-corrected chi connectivity index (χ4v) is 3.53. The van der Waals surface area contributed by atoms with Gasteiger partial charge in [-0.3, -0.25) is 9.69 Å². The van der Waals surface area contributed by atoms with Crippen LogP contribution < -0.4 is 0 Å². The standard InChI is InChI=1S/C18H29N3O3/c1-14(2)16-13-17(24-19-16)18(22)21-7-4-3-5-15(21)6-8-20-9-11-23-12-10-20/h13-15H,3-12H2,1-2H3/t15-/m0/s1. The van der Waals surface area contributed by atoms with Crippen LogP contribution in [0.25, 0.3) is 0 Å². The van der Waals surface area contributed by atoms with Crippen LogP contribution in [0.1, 0.15) is 61.7 Å². The van der Waals surface area contributed by atoms with Gasteiger partial charge in [0.2, 0.25) is 5.76 Å². The molecule has 1 aromatic heterocycles. The molecule has 2 fully saturated rings. The number of rotatable bonds is 5. The Kier molecular flexibility index (Phi) is 5.89. The van der Waals surface area contributed by atoms with Crippen LogP contribution in [0.15, 0.2) is 10.6 Å². The van der Waals surface area contributed by atoms with E-state index in [0.29, 0.717) is 11.8 Å². The number of hydrogen-bond donors (Lipinski definition) is 0. The van der Waals surface area contributed by atoms with Gasteiger partial charge in [0, 0.05) is 38.3 Å². The molecule has 6 heteroatoms. The Morgan fingerprint density at radius 2 is 2.08 bits per heavy atom. The van der Waals surface area contributed by atoms with Crippen molar-refractivity contribution in [2.24, 2.45) is 0 Å². The van der Waals surface area contributed by atoms with E-state index in [2.05, 4.69) is 23.9 Å². The van der Waals surface area contributed by atoms with Gasteiger partial charge in [0.15, 0.2) is 0 Å². The molecule has 0 bridgehead atoms. The molecule has 0 radical (unpaired) electrons. The summed E-state index contributed by atoms with van der Waals surface area (Å²) in [7, 11) is 0. The Labute approximate surface area is 144 Å². The molecule has 2 saturated heterocycles. The summed E-state index contributed by atoms with van der Waals surface area (Å²) in [5.74, 6) is 0.659. The molecular weight excluding hydrogens is 306 g/mol. The van der Waals surface area contributed by atoms with E-state index in [4.69, 9.17) is 9.26 Å². The van der Waals surface area contributed by atoms with Crippen LogP contribution in [0.4, 0.5) is 0 Å². The Balaban J connectivity index is 1.61. The van der Waals surface area contributed by atoms with Crippen molar-refractivity contribution < 1.29 is 14.1 Å². The Morgan fingerprint density at radius 3 is 2.79 bits per heavy atom. The summed E-state index contributed by atoms with van der Waals surface area (Å²) in [4.78, 5) is 17.3. The zero-order valence-corrected chi connectivity index (χ0v) is 14.9. The molecule has 0 aliphatic carbocycles. The van der Waals surface area contributed by atoms with Crippen LogP contribution in [0.2, 0.25) is 0 Å². The highest BCUT2D eigenvalue weighted by Gasteiger charge is 2.30. The highest BCUT2D eigenvalue weighted by atomic mass is 16.5. The lowest BCUT2D eigenvalue weighted by Gasteiger charge is -2.37. The van der Waals surface area contributed by atoms with E-state index in [0.717, 1.165) is 64.3 Å². The number of hydrogen-bond acceptors (Lipinski definition) is 5. The molecule has 2 aliphatic heterocycles. The number of nitrogens with zero attached hydrogens (tertiary/aromatic N) is 3. The summed E-state index contributed by atoms with van der Waals surface area (Å²) in [5.41, 5.74) is 0.847. The van der Waals surface area contributed by atoms with Crippen LogP contribution in [0.5, 0.6) is 0 Å². The fourth-order valence-electron chi connectivity index (χ4n) is 3.53. The second kappa shape index (κ2) is 8.12. The third kappa shape index (κ3) is 4.16. The predicted octanol–water partition coefficient (Wildman–Crippen LogP) is 2.52. The summed E-state index contributed by atoms with van der Waals surface area (Å²) in [6.45, 7) is 9.61. The van der Waals surface area contributed by atoms with Gasteiger partial charge in [0.1, 0.15) is 0 Å². The maximum Gasteiger partial charge on any atom is 0.292 e. The largest absolute Gasteiger partial charge is 0.379 e. The normalized spacial score (nSPS) is 23.0. The van der Waals surface area contributed by atoms with E-state index in [1.165, 1.54) is 6.42 Å². The summed E-state index contributed by atoms with van der Waals surface area (Å²) in [6.07, 6.45) is 4.38. The molecule has 1 atom stereocenters. The van der Waals surface area contributed by atoms with Crippen molar-refractivity contribution in [3.05, 3.63) is 17.5 Å². The molecule has 0 N–H and O–H groups in total. The van der Waals surface area contributed by atoms with Crippen LogP contribution >= 0.6 is 0 Å². The maximum absolute atomic E-state index is 12.9. The van der Waals surface area contributed by atoms with Gasteiger partial charge >= 0.3 is 0 Å². The first-order valence-electron chi connectivity index (χ1n) is 9.23. The molecule has 6 nitrogen and oxygen atoms in total. The molecule has 134 valence electrons. The highest BCUT2D eigenvalue weighted by Crippen LogP contribution is 2.24. The molecule has 2 aliphatic rings. The minimum Gasteiger partial charge on any atom is -0.379 e. The van der Waals surface area contributed by atoms with Crippen molar-refractivity contribution in [3.63, 3.8) is 0 Å². The average Bonchev–Trinajstić information content (AvgIpc) is 3.11. The van der Waals surface area contributed by atoms with E-state index < -0.39 is 0 Å². The second-order valence-corrected chi connectivity index (χ2v) is 7.16. The quantitative estimate of drug-likeness (QED) is 0.827. The number of likely N-dealkylation sites (tertiary alicyclic amines) is 1. The molecule has 0 aromatic carbocycles. The second-order valence-electron chi connectivity index (χ2n) is 7.16. The third-order valence-electron chi connectivity index (χ3n) is 5.10. The topological polar surface area (TPSA) is 58.8 Å². The Morgan fingerprint density at radius 1 is 1.29 bits per heavy atom. The van der Waals surface area contributed by atoms with Gasteiger partial charge in [-0.05, 0) is 31.6 Å². The lowest BCUT2D eigenvalue weighted by molar-refractivity contribution is 0.0288. The van der Waals surface area contributed by atoms with Crippen LogP contribution in [-0.2, 0) is 4.74 Å². The lowest BCUT2D eigenvalue weighted by Crippen LogP contribution is -2.46. The SMILES string of the molecule is CC(C)c1cc(C(=O)N2CCCC[C@H]2CCN2CCOCC2)on1. The van der Waals surface area contributed by atoms with Crippen molar-refractivity contribution in [3.8, 4) is 0 Å². The molecule has 3 heterocycles. The first-order chi connectivity index (χ1) is 11.6. The van der Waals surface area contributed by atoms with Gasteiger partial charge in [-0.1, -0.05) is 19.0 Å². The smallest absolute Gasteiger partial charge is 0.292 e. The average molecular weight is 335 g/mol. The predicted molar refractivity (Wildman–Crippen MR) is 91.1 cm³/mol. The minimum absolute atomic E-state index is 0.000998. The molecule has 3 rings (SSSR count). The zero-order valence-electron chi connectivity index (χ0n) is 14.9. The van der Waals surface area contributed by atoms with Crippen LogP contribution in [0.3, 0.4) is 0 Å². The van der Waals surface area contributed by atoms with E-state index >= 15 is 0 Å². The Bertz CT molecular complexity index is 537. The van der Waals surface area contributed by atoms with Gasteiger partial charge in [-0.2, -0.15) is 0 Å². The molecule has 1 amide bonds.